The van der Waals surface area contributed by atoms with E-state index in [2.05, 4.69) is 280 Å². The molecule has 0 aromatic heterocycles. The van der Waals surface area contributed by atoms with E-state index >= 15 is 0 Å². The van der Waals surface area contributed by atoms with Gasteiger partial charge < -0.3 is 4.79 Å². The van der Waals surface area contributed by atoms with Crippen LogP contribution in [0.1, 0.15) is 1.43 Å². The summed E-state index contributed by atoms with van der Waals surface area (Å²) >= 11 is 0. The summed E-state index contributed by atoms with van der Waals surface area (Å²) in [7, 11) is -1.34. The van der Waals surface area contributed by atoms with Crippen LogP contribution in [0.2, 0.25) is 0 Å². The van der Waals surface area contributed by atoms with E-state index < -0.39 is 23.8 Å². The third kappa shape index (κ3) is 13.3. The van der Waals surface area contributed by atoms with E-state index in [0.29, 0.717) is 0 Å². The van der Waals surface area contributed by atoms with E-state index in [9.17, 15) is 0 Å². The number of hydrogen-bond donors (Lipinski definition) is 0. The van der Waals surface area contributed by atoms with Crippen molar-refractivity contribution in [3.05, 3.63) is 273 Å². The Hall–Kier alpha value is -5.41. The third-order valence-electron chi connectivity index (χ3n) is 9.13. The second-order valence-electron chi connectivity index (χ2n) is 13.0. The summed E-state index contributed by atoms with van der Waals surface area (Å²) in [5.74, 6) is 0. The minimum atomic E-state index is -0.446. The van der Waals surface area contributed by atoms with Crippen LogP contribution in [0, 0.1) is 0 Å². The first kappa shape index (κ1) is 45.7. The van der Waals surface area contributed by atoms with E-state index in [-0.39, 0.29) is 21.5 Å². The second-order valence-corrected chi connectivity index (χ2v) is 19.7. The van der Waals surface area contributed by atoms with Crippen molar-refractivity contribution >= 4 is 78.3 Å². The predicted molar refractivity (Wildman–Crippen MR) is 263 cm³/mol. The van der Waals surface area contributed by atoms with Crippen LogP contribution < -0.4 is 47.7 Å². The van der Waals surface area contributed by atoms with Crippen LogP contribution in [0.5, 0.6) is 0 Å². The number of hydrogen-bond acceptors (Lipinski definition) is 1. The minimum absolute atomic E-state index is 0. The van der Waals surface area contributed by atoms with Gasteiger partial charge in [-0.05, 0) is 71.5 Å². The first-order valence-corrected chi connectivity index (χ1v) is 23.5. The third-order valence-corrected chi connectivity index (χ3v) is 16.5. The molecule has 0 saturated carbocycles. The smallest absolute Gasteiger partial charge is 0.545 e. The normalized spacial score (nSPS) is 10.1. The summed E-state index contributed by atoms with van der Waals surface area (Å²) < 4.78 is 0. The zero-order valence-corrected chi connectivity index (χ0v) is 38.2. The molecule has 297 valence electrons. The fourth-order valence-corrected chi connectivity index (χ4v) is 13.5. The average molecular weight is 1010 g/mol. The first-order valence-electron chi connectivity index (χ1n) is 19.4. The first-order chi connectivity index (χ1) is 29.3. The maximum Gasteiger partial charge on any atom is 1.00 e. The van der Waals surface area contributed by atoms with Crippen molar-refractivity contribution in [3.63, 3.8) is 0 Å². The van der Waals surface area contributed by atoms with Crippen molar-refractivity contribution in [1.82, 2.24) is 0 Å². The van der Waals surface area contributed by atoms with Crippen molar-refractivity contribution in [2.75, 3.05) is 0 Å². The summed E-state index contributed by atoms with van der Waals surface area (Å²) in [6, 6.07) is 97.0. The Kier molecular flexibility index (Phi) is 19.7. The molecular formula is C55H47IrOP3. The van der Waals surface area contributed by atoms with E-state index in [1.807, 2.05) is 0 Å². The van der Waals surface area contributed by atoms with Gasteiger partial charge in [-0.25, -0.2) is 0 Å². The van der Waals surface area contributed by atoms with Gasteiger partial charge in [0.25, 0.3) is 0 Å². The standard InChI is InChI=1S/3C18H15P.CHO.Ir/c3*1-4-10-16(11-5-1)19(17-12-6-2-7-13-17)18-14-8-3-9-15-18;1-2;/h3*1-15H;1H;/q;;;-1;/p+1. The summed E-state index contributed by atoms with van der Waals surface area (Å²) in [6.45, 7) is 3.25. The van der Waals surface area contributed by atoms with Gasteiger partial charge in [-0.15, -0.1) is 0 Å². The largest absolute Gasteiger partial charge is 1.00 e. The zero-order chi connectivity index (χ0) is 40.7. The molecule has 0 spiro atoms. The Bertz CT molecular complexity index is 1890. The summed E-state index contributed by atoms with van der Waals surface area (Å²) in [5, 5.41) is 12.6. The molecule has 60 heavy (non-hydrogen) atoms. The molecule has 0 heterocycles. The van der Waals surface area contributed by atoms with Gasteiger partial charge in [0.2, 0.25) is 0 Å². The van der Waals surface area contributed by atoms with Gasteiger partial charge in [-0.3, -0.25) is 6.79 Å². The van der Waals surface area contributed by atoms with Crippen LogP contribution in [0.15, 0.2) is 273 Å². The Morgan fingerprint density at radius 2 is 0.283 bits per heavy atom. The summed E-state index contributed by atoms with van der Waals surface area (Å²) in [6.07, 6.45) is 0. The molecule has 0 bridgehead atoms. The SMILES string of the molecule is [CH-]=O.[H+].[Ir].c1ccc(P(c2ccccc2)c2ccccc2)cc1.c1ccc(P(c2ccccc2)c2ccccc2)cc1.c1ccc(P(c2ccccc2)c2ccccc2)cc1. The van der Waals surface area contributed by atoms with E-state index in [0.717, 1.165) is 0 Å². The Morgan fingerprint density at radius 3 is 0.367 bits per heavy atom. The molecule has 0 aliphatic rings. The fraction of sp³-hybridized carbons (Fsp3) is 0. The molecule has 0 aliphatic carbocycles. The molecular weight excluding hydrogens is 962 g/mol. The molecule has 9 aromatic carbocycles. The molecule has 1 nitrogen and oxygen atoms in total. The zero-order valence-electron chi connectivity index (χ0n) is 34.1. The van der Waals surface area contributed by atoms with Crippen LogP contribution in [0.4, 0.5) is 0 Å². The van der Waals surface area contributed by atoms with E-state index in [1.165, 1.54) is 47.7 Å². The van der Waals surface area contributed by atoms with E-state index in [4.69, 9.17) is 4.79 Å². The Labute approximate surface area is 375 Å². The summed E-state index contributed by atoms with van der Waals surface area (Å²) in [4.78, 5) is 7.75. The van der Waals surface area contributed by atoms with Crippen LogP contribution in [0.25, 0.3) is 0 Å². The van der Waals surface area contributed by atoms with Crippen LogP contribution in [-0.2, 0) is 24.9 Å². The van der Waals surface area contributed by atoms with Crippen molar-refractivity contribution in [2.45, 2.75) is 0 Å². The molecule has 9 rings (SSSR count). The number of rotatable bonds is 9. The van der Waals surface area contributed by atoms with Crippen molar-refractivity contribution in [2.24, 2.45) is 0 Å². The molecule has 0 aliphatic heterocycles. The van der Waals surface area contributed by atoms with Gasteiger partial charge in [0.05, 0.1) is 0 Å². The molecule has 5 heteroatoms. The van der Waals surface area contributed by atoms with Gasteiger partial charge >= 0.3 is 1.43 Å². The van der Waals surface area contributed by atoms with Crippen LogP contribution in [0.3, 0.4) is 0 Å². The molecule has 0 fully saturated rings. The van der Waals surface area contributed by atoms with Crippen molar-refractivity contribution in [3.8, 4) is 0 Å². The van der Waals surface area contributed by atoms with Crippen LogP contribution in [-0.4, -0.2) is 6.79 Å². The maximum atomic E-state index is 7.75. The van der Waals surface area contributed by atoms with Gasteiger partial charge in [-0.2, -0.15) is 0 Å². The quantitative estimate of drug-likeness (QED) is 0.0800. The molecule has 0 N–H and O–H groups in total. The fourth-order valence-electron chi connectivity index (χ4n) is 6.54. The van der Waals surface area contributed by atoms with Crippen LogP contribution >= 0.6 is 23.8 Å². The van der Waals surface area contributed by atoms with Gasteiger partial charge in [-0.1, -0.05) is 273 Å². The maximum absolute atomic E-state index is 7.75. The molecule has 0 unspecified atom stereocenters. The topological polar surface area (TPSA) is 17.1 Å². The monoisotopic (exact) mass is 1010 g/mol. The molecule has 0 saturated heterocycles. The Balaban J connectivity index is 0.000000194. The Morgan fingerprint density at radius 1 is 0.200 bits per heavy atom. The predicted octanol–water partition coefficient (Wildman–Crippen LogP) is 10.2. The van der Waals surface area contributed by atoms with Crippen molar-refractivity contribution < 1.29 is 26.3 Å². The second kappa shape index (κ2) is 25.9. The van der Waals surface area contributed by atoms with Gasteiger partial charge in [0, 0.05) is 20.1 Å². The van der Waals surface area contributed by atoms with Crippen molar-refractivity contribution in [1.29, 1.82) is 0 Å². The molecule has 0 amide bonds. The number of carbonyl (C=O) groups excluding carboxylic acids is 1. The van der Waals surface area contributed by atoms with Gasteiger partial charge in [0.15, 0.2) is 0 Å². The number of benzene rings is 9. The van der Waals surface area contributed by atoms with Gasteiger partial charge in [0.1, 0.15) is 0 Å². The van der Waals surface area contributed by atoms with E-state index in [1.54, 1.807) is 0 Å². The molecule has 0 atom stereocenters. The molecule has 9 aromatic rings. The molecule has 1 radical (unpaired) electrons. The minimum Gasteiger partial charge on any atom is -0.545 e. The average Bonchev–Trinajstić information content (AvgIpc) is 3.34. The summed E-state index contributed by atoms with van der Waals surface area (Å²) in [5.41, 5.74) is 0.